The van der Waals surface area contributed by atoms with Crippen molar-refractivity contribution in [2.45, 2.75) is 18.2 Å². The number of rotatable bonds is 8. The summed E-state index contributed by atoms with van der Waals surface area (Å²) in [7, 11) is 0. The first-order valence-electron chi connectivity index (χ1n) is 8.76. The number of aromatic nitrogens is 3. The van der Waals surface area contributed by atoms with Crippen LogP contribution in [0, 0.1) is 0 Å². The van der Waals surface area contributed by atoms with Crippen molar-refractivity contribution in [1.29, 1.82) is 0 Å². The molecular formula is C19H16F2N4O2S2. The fourth-order valence-corrected chi connectivity index (χ4v) is 4.61. The molecule has 0 spiro atoms. The molecule has 4 rings (SSSR count). The summed E-state index contributed by atoms with van der Waals surface area (Å²) in [5.74, 6) is 0.236. The molecule has 0 radical (unpaired) electrons. The number of thioether (sulfide) groups is 1. The van der Waals surface area contributed by atoms with E-state index in [1.807, 2.05) is 28.7 Å². The second kappa shape index (κ2) is 8.75. The number of alkyl halides is 2. The Morgan fingerprint density at radius 1 is 1.17 bits per heavy atom. The molecule has 1 N–H and O–H groups in total. The van der Waals surface area contributed by atoms with E-state index in [0.29, 0.717) is 18.1 Å². The monoisotopic (exact) mass is 434 g/mol. The van der Waals surface area contributed by atoms with Crippen LogP contribution in [-0.4, -0.2) is 39.4 Å². The quantitative estimate of drug-likeness (QED) is 0.425. The largest absolute Gasteiger partial charge is 0.435 e. The molecule has 0 aliphatic rings. The summed E-state index contributed by atoms with van der Waals surface area (Å²) in [6.07, 6.45) is 0.593. The third-order valence-corrected chi connectivity index (χ3v) is 6.07. The van der Waals surface area contributed by atoms with Crippen LogP contribution in [0.1, 0.15) is 5.56 Å². The highest BCUT2D eigenvalue weighted by atomic mass is 32.2. The lowest BCUT2D eigenvalue weighted by Gasteiger charge is -2.07. The number of amides is 1. The zero-order valence-electron chi connectivity index (χ0n) is 15.0. The van der Waals surface area contributed by atoms with E-state index in [2.05, 4.69) is 20.3 Å². The van der Waals surface area contributed by atoms with E-state index in [4.69, 9.17) is 0 Å². The highest BCUT2D eigenvalue weighted by Gasteiger charge is 2.14. The third kappa shape index (κ3) is 4.65. The van der Waals surface area contributed by atoms with Crippen LogP contribution >= 0.6 is 23.1 Å². The minimum Gasteiger partial charge on any atom is -0.435 e. The van der Waals surface area contributed by atoms with Crippen LogP contribution < -0.4 is 10.1 Å². The van der Waals surface area contributed by atoms with Crippen LogP contribution in [0.4, 0.5) is 8.78 Å². The van der Waals surface area contributed by atoms with Crippen molar-refractivity contribution in [3.8, 4) is 5.75 Å². The summed E-state index contributed by atoms with van der Waals surface area (Å²) >= 11 is 2.89. The molecule has 0 aliphatic carbocycles. The lowest BCUT2D eigenvalue weighted by Crippen LogP contribution is -2.27. The van der Waals surface area contributed by atoms with E-state index < -0.39 is 6.61 Å². The Morgan fingerprint density at radius 3 is 2.76 bits per heavy atom. The van der Waals surface area contributed by atoms with Crippen molar-refractivity contribution in [3.05, 3.63) is 54.1 Å². The van der Waals surface area contributed by atoms with Gasteiger partial charge in [0, 0.05) is 6.54 Å². The van der Waals surface area contributed by atoms with Crippen LogP contribution in [0.15, 0.2) is 53.7 Å². The van der Waals surface area contributed by atoms with Gasteiger partial charge in [-0.1, -0.05) is 47.4 Å². The number of nitrogens with one attached hydrogen (secondary N) is 1. The van der Waals surface area contributed by atoms with E-state index in [1.165, 1.54) is 23.9 Å². The number of para-hydroxylation sites is 1. The van der Waals surface area contributed by atoms with Gasteiger partial charge in [-0.05, 0) is 36.2 Å². The molecule has 10 heteroatoms. The van der Waals surface area contributed by atoms with E-state index >= 15 is 0 Å². The Morgan fingerprint density at radius 2 is 1.97 bits per heavy atom. The number of fused-ring (bicyclic) bond motifs is 3. The van der Waals surface area contributed by atoms with Gasteiger partial charge in [-0.2, -0.15) is 8.78 Å². The molecule has 1 amide bonds. The van der Waals surface area contributed by atoms with Crippen molar-refractivity contribution in [2.24, 2.45) is 0 Å². The smallest absolute Gasteiger partial charge is 0.387 e. The predicted octanol–water partition coefficient (Wildman–Crippen LogP) is 4.00. The molecule has 0 atom stereocenters. The van der Waals surface area contributed by atoms with Gasteiger partial charge >= 0.3 is 6.61 Å². The Balaban J connectivity index is 1.28. The van der Waals surface area contributed by atoms with Crippen LogP contribution in [0.25, 0.3) is 15.2 Å². The van der Waals surface area contributed by atoms with Gasteiger partial charge in [-0.3, -0.25) is 9.20 Å². The number of hydrogen-bond acceptors (Lipinski definition) is 6. The van der Waals surface area contributed by atoms with Gasteiger partial charge in [0.25, 0.3) is 0 Å². The van der Waals surface area contributed by atoms with Gasteiger partial charge in [-0.15, -0.1) is 10.2 Å². The van der Waals surface area contributed by atoms with Crippen LogP contribution in [0.2, 0.25) is 0 Å². The van der Waals surface area contributed by atoms with Gasteiger partial charge in [0.05, 0.1) is 16.0 Å². The number of halogens is 2. The SMILES string of the molecule is O=C(CSc1nnc2sc3ccccc3n12)NCCc1ccc(OC(F)F)cc1. The number of thiazole rings is 1. The Labute approximate surface area is 172 Å². The van der Waals surface area contributed by atoms with Crippen molar-refractivity contribution in [1.82, 2.24) is 19.9 Å². The second-order valence-corrected chi connectivity index (χ2v) is 8.03. The summed E-state index contributed by atoms with van der Waals surface area (Å²) in [5, 5.41) is 11.9. The molecule has 4 aromatic rings. The summed E-state index contributed by atoms with van der Waals surface area (Å²) in [6, 6.07) is 14.3. The molecule has 150 valence electrons. The fraction of sp³-hybridized carbons (Fsp3) is 0.211. The Kier molecular flexibility index (Phi) is 5.91. The maximum atomic E-state index is 12.2. The third-order valence-electron chi connectivity index (χ3n) is 4.13. The van der Waals surface area contributed by atoms with Crippen LogP contribution in [-0.2, 0) is 11.2 Å². The van der Waals surface area contributed by atoms with Crippen LogP contribution in [0.3, 0.4) is 0 Å². The first-order valence-corrected chi connectivity index (χ1v) is 10.6. The number of benzene rings is 2. The highest BCUT2D eigenvalue weighted by molar-refractivity contribution is 7.99. The van der Waals surface area contributed by atoms with Gasteiger partial charge in [0.15, 0.2) is 5.16 Å². The summed E-state index contributed by atoms with van der Waals surface area (Å²) in [6.45, 7) is -2.39. The molecule has 0 aliphatic heterocycles. The molecule has 0 unspecified atom stereocenters. The first-order chi connectivity index (χ1) is 14.1. The molecule has 2 aromatic heterocycles. The fourth-order valence-electron chi connectivity index (χ4n) is 2.81. The molecule has 2 heterocycles. The molecule has 29 heavy (non-hydrogen) atoms. The lowest BCUT2D eigenvalue weighted by molar-refractivity contribution is -0.118. The summed E-state index contributed by atoms with van der Waals surface area (Å²) in [5.41, 5.74) is 1.95. The molecule has 0 fully saturated rings. The van der Waals surface area contributed by atoms with Gasteiger partial charge in [0.1, 0.15) is 5.75 Å². The molecule has 0 saturated carbocycles. The zero-order valence-corrected chi connectivity index (χ0v) is 16.7. The van der Waals surface area contributed by atoms with E-state index in [1.54, 1.807) is 23.5 Å². The average Bonchev–Trinajstić information content (AvgIpc) is 3.26. The number of ether oxygens (including phenoxy) is 1. The lowest BCUT2D eigenvalue weighted by atomic mass is 10.1. The molecule has 0 bridgehead atoms. The average molecular weight is 434 g/mol. The minimum absolute atomic E-state index is 0.107. The second-order valence-electron chi connectivity index (χ2n) is 6.08. The van der Waals surface area contributed by atoms with Crippen molar-refractivity contribution >= 4 is 44.2 Å². The Bertz CT molecular complexity index is 1130. The summed E-state index contributed by atoms with van der Waals surface area (Å²) < 4.78 is 31.7. The maximum Gasteiger partial charge on any atom is 0.387 e. The minimum atomic E-state index is -2.84. The number of hydrogen-bond donors (Lipinski definition) is 1. The van der Waals surface area contributed by atoms with Crippen molar-refractivity contribution in [3.63, 3.8) is 0 Å². The van der Waals surface area contributed by atoms with Gasteiger partial charge in [-0.25, -0.2) is 0 Å². The zero-order chi connectivity index (χ0) is 20.2. The van der Waals surface area contributed by atoms with Gasteiger partial charge < -0.3 is 10.1 Å². The Hall–Kier alpha value is -2.72. The molecular weight excluding hydrogens is 418 g/mol. The first kappa shape index (κ1) is 19.6. The van der Waals surface area contributed by atoms with Crippen molar-refractivity contribution in [2.75, 3.05) is 12.3 Å². The topological polar surface area (TPSA) is 68.5 Å². The predicted molar refractivity (Wildman–Crippen MR) is 109 cm³/mol. The normalized spacial score (nSPS) is 11.4. The number of carbonyl (C=O) groups is 1. The number of carbonyl (C=O) groups excluding carboxylic acids is 1. The number of nitrogens with zero attached hydrogens (tertiary/aromatic N) is 3. The van der Waals surface area contributed by atoms with Gasteiger partial charge in [0.2, 0.25) is 10.9 Å². The molecule has 0 saturated heterocycles. The summed E-state index contributed by atoms with van der Waals surface area (Å²) in [4.78, 5) is 13.0. The van der Waals surface area contributed by atoms with Crippen LogP contribution in [0.5, 0.6) is 5.75 Å². The van der Waals surface area contributed by atoms with E-state index in [9.17, 15) is 13.6 Å². The van der Waals surface area contributed by atoms with E-state index in [0.717, 1.165) is 20.7 Å². The molecule has 2 aromatic carbocycles. The molecule has 6 nitrogen and oxygen atoms in total. The van der Waals surface area contributed by atoms with E-state index in [-0.39, 0.29) is 17.4 Å². The highest BCUT2D eigenvalue weighted by Crippen LogP contribution is 2.29. The maximum absolute atomic E-state index is 12.2. The standard InChI is InChI=1S/C19H16F2N4O2S2/c20-17(21)27-13-7-5-12(6-8-13)9-10-22-16(26)11-28-18-23-24-19-25(18)14-3-1-2-4-15(14)29-19/h1-8,17H,9-11H2,(H,22,26). The van der Waals surface area contributed by atoms with Crippen molar-refractivity contribution < 1.29 is 18.3 Å².